The standard InChI is InChI=1S/C58H48Br2O10.C58H50O10.C2H3N.Br2/c1-63-57(61)47-45(51(65-33-39-21-9-3-10-22-39)55(69-37-43-29-17-7-18-30-43)53(49(47)59)67-35-41-25-13-5-14-26-41)46-48(58(62)64-2)50(60)54(68-36-42-27-15-6-16-28-42)56(70-38-44-31-19-8-20-32-44)52(46)66-34-40-23-11-4-12-24-40;1-61-57(59)47-33-49(63-35-41-21-9-3-10-22-41)53(65-37-43-25-13-5-14-26-43)55(67-39-45-29-17-7-18-30-45)51(47)52-48(58(60)62-2)34-50(64-36-42-23-11-4-12-24-42)54(66-38-44-27-15-6-16-28-44)56(52)68-40-46-31-19-8-20-32-46;1-2-3;1-2/h3-32H,33-38H2,1-2H3;3-34H,35-40H2,1-2H3;1H3;. The first-order valence-corrected chi connectivity index (χ1v) is 50.5. The highest BCUT2D eigenvalue weighted by Crippen LogP contribution is 2.61. The summed E-state index contributed by atoms with van der Waals surface area (Å²) in [6, 6.07) is 120. The molecule has 16 aromatic rings. The fourth-order valence-corrected chi connectivity index (χ4v) is 16.3. The number of nitrogens with zero attached hydrogens (tertiary/aromatic N) is 1. The van der Waals surface area contributed by atoms with Gasteiger partial charge in [-0.15, -0.1) is 0 Å². The van der Waals surface area contributed by atoms with E-state index >= 15 is 0 Å². The molecule has 0 heterocycles. The van der Waals surface area contributed by atoms with Gasteiger partial charge in [0.2, 0.25) is 23.0 Å². The second-order valence-electron chi connectivity index (χ2n) is 31.5. The predicted octanol–water partition coefficient (Wildman–Crippen LogP) is 28.5. The Morgan fingerprint density at radius 2 is 0.364 bits per heavy atom. The summed E-state index contributed by atoms with van der Waals surface area (Å²) in [6.07, 6.45) is 0. The van der Waals surface area contributed by atoms with Gasteiger partial charge in [-0.1, -0.05) is 364 Å². The average Bonchev–Trinajstić information content (AvgIpc) is 0.733. The molecule has 21 nitrogen and oxygen atoms in total. The van der Waals surface area contributed by atoms with Crippen molar-refractivity contribution in [3.05, 3.63) is 474 Å². The highest BCUT2D eigenvalue weighted by atomic mass is 80.9. The zero-order chi connectivity index (χ0) is 100. The van der Waals surface area contributed by atoms with E-state index in [4.69, 9.17) is 81.1 Å². The van der Waals surface area contributed by atoms with Crippen molar-refractivity contribution in [1.29, 1.82) is 5.26 Å². The third kappa shape index (κ3) is 28.9. The third-order valence-electron chi connectivity index (χ3n) is 21.8. The van der Waals surface area contributed by atoms with Gasteiger partial charge in [-0.2, -0.15) is 5.26 Å². The Bertz CT molecular complexity index is 6410. The van der Waals surface area contributed by atoms with Crippen LogP contribution >= 0.6 is 60.1 Å². The Hall–Kier alpha value is -15.6. The van der Waals surface area contributed by atoms with Crippen molar-refractivity contribution in [1.82, 2.24) is 0 Å². The van der Waals surface area contributed by atoms with Crippen LogP contribution in [0, 0.1) is 11.3 Å². The van der Waals surface area contributed by atoms with Gasteiger partial charge in [0.25, 0.3) is 0 Å². The lowest BCUT2D eigenvalue weighted by atomic mass is 9.91. The van der Waals surface area contributed by atoms with E-state index in [1.807, 2.05) is 364 Å². The molecule has 0 fully saturated rings. The number of hydrogen-bond donors (Lipinski definition) is 0. The molecule has 0 aliphatic rings. The van der Waals surface area contributed by atoms with E-state index in [-0.39, 0.29) is 202 Å². The van der Waals surface area contributed by atoms with Crippen LogP contribution in [0.15, 0.2) is 385 Å². The topological polar surface area (TPSA) is 240 Å². The Balaban J connectivity index is 0.000000230. The number of ether oxygens (including phenoxy) is 16. The van der Waals surface area contributed by atoms with Crippen LogP contribution in [-0.2, 0) is 98.2 Å². The lowest BCUT2D eigenvalue weighted by Gasteiger charge is -2.28. The number of esters is 4. The number of hydrogen-bond acceptors (Lipinski definition) is 21. The molecule has 16 rings (SSSR count). The highest BCUT2D eigenvalue weighted by molar-refractivity contribution is 9.93. The van der Waals surface area contributed by atoms with Gasteiger partial charge in [0.15, 0.2) is 46.0 Å². The van der Waals surface area contributed by atoms with Crippen molar-refractivity contribution >= 4 is 84.0 Å². The minimum atomic E-state index is -0.803. The van der Waals surface area contributed by atoms with Gasteiger partial charge in [-0.25, -0.2) is 19.2 Å². The van der Waals surface area contributed by atoms with Crippen LogP contribution in [0.5, 0.6) is 69.0 Å². The zero-order valence-corrected chi connectivity index (χ0v) is 85.2. The van der Waals surface area contributed by atoms with E-state index in [1.54, 1.807) is 18.2 Å². The number of halogens is 4. The largest absolute Gasteiger partial charge is 0.485 e. The van der Waals surface area contributed by atoms with Gasteiger partial charge >= 0.3 is 23.9 Å². The molecule has 0 spiro atoms. The third-order valence-corrected chi connectivity index (χ3v) is 23.4. The van der Waals surface area contributed by atoms with E-state index in [0.717, 1.165) is 66.8 Å². The van der Waals surface area contributed by atoms with Crippen LogP contribution in [0.25, 0.3) is 22.3 Å². The number of rotatable bonds is 42. The summed E-state index contributed by atoms with van der Waals surface area (Å²) < 4.78 is 104. The normalized spacial score (nSPS) is 10.4. The number of nitriles is 1. The summed E-state index contributed by atoms with van der Waals surface area (Å²) in [5.74, 6) is -1.74. The quantitative estimate of drug-likeness (QED) is 0.0255. The molecule has 0 N–H and O–H groups in total. The minimum absolute atomic E-state index is 0.0134. The van der Waals surface area contributed by atoms with E-state index in [9.17, 15) is 19.2 Å². The molecule has 0 unspecified atom stereocenters. The Kier molecular flexibility index (Phi) is 40.6. The first-order valence-electron chi connectivity index (χ1n) is 45.2. The molecule has 16 aromatic carbocycles. The Morgan fingerprint density at radius 3 is 0.538 bits per heavy atom. The van der Waals surface area contributed by atoms with Crippen molar-refractivity contribution in [2.75, 3.05) is 28.4 Å². The van der Waals surface area contributed by atoms with Gasteiger partial charge in [0.05, 0.1) is 65.7 Å². The molecule has 726 valence electrons. The highest BCUT2D eigenvalue weighted by Gasteiger charge is 2.42. The van der Waals surface area contributed by atoms with E-state index in [1.165, 1.54) is 35.4 Å². The van der Waals surface area contributed by atoms with Gasteiger partial charge < -0.3 is 75.8 Å². The van der Waals surface area contributed by atoms with Crippen LogP contribution < -0.4 is 56.8 Å². The van der Waals surface area contributed by atoms with Crippen molar-refractivity contribution < 1.29 is 95.0 Å². The molecule has 0 saturated heterocycles. The molecular formula is C118H101Br4NO20. The molecule has 0 aliphatic carbocycles. The second-order valence-corrected chi connectivity index (χ2v) is 33.1. The van der Waals surface area contributed by atoms with Crippen LogP contribution in [0.1, 0.15) is 115 Å². The Labute approximate surface area is 863 Å². The molecule has 25 heteroatoms. The molecule has 0 radical (unpaired) electrons. The average molecular weight is 2170 g/mol. The molecule has 0 saturated carbocycles. The van der Waals surface area contributed by atoms with Gasteiger partial charge in [-0.3, -0.25) is 0 Å². The maximum absolute atomic E-state index is 14.8. The maximum atomic E-state index is 14.8. The van der Waals surface area contributed by atoms with E-state index in [0.29, 0.717) is 0 Å². The summed E-state index contributed by atoms with van der Waals surface area (Å²) in [7, 11) is 5.10. The number of methoxy groups -OCH3 is 4. The van der Waals surface area contributed by atoms with Crippen LogP contribution in [-0.4, -0.2) is 52.3 Å². The van der Waals surface area contributed by atoms with Crippen LogP contribution in [0.4, 0.5) is 0 Å². The fraction of sp³-hybridized carbons (Fsp3) is 0.144. The lowest BCUT2D eigenvalue weighted by Crippen LogP contribution is -2.16. The molecule has 0 amide bonds. The van der Waals surface area contributed by atoms with Crippen molar-refractivity contribution in [3.8, 4) is 97.3 Å². The summed E-state index contributed by atoms with van der Waals surface area (Å²) in [5, 5.41) is 7.32. The van der Waals surface area contributed by atoms with Gasteiger partial charge in [0.1, 0.15) is 79.3 Å². The predicted molar refractivity (Wildman–Crippen MR) is 563 cm³/mol. The number of carbonyl (C=O) groups is 4. The zero-order valence-electron chi connectivity index (χ0n) is 78.9. The van der Waals surface area contributed by atoms with Crippen molar-refractivity contribution in [2.45, 2.75) is 86.2 Å². The lowest BCUT2D eigenvalue weighted by molar-refractivity contribution is 0.0587. The minimum Gasteiger partial charge on any atom is -0.485 e. The SMILES string of the molecule is BrBr.CC#N.COC(=O)c1c(Br)c(OCc2ccccc2)c(OCc2ccccc2)c(OCc2ccccc2)c1-c1c(OCc2ccccc2)c(OCc2ccccc2)c(OCc2ccccc2)c(Br)c1C(=O)OC.COC(=O)c1cc(OCc2ccccc2)c(OCc2ccccc2)c(OCc2ccccc2)c1-c1c(C(=O)OC)cc(OCc2ccccc2)c(OCc2ccccc2)c1OCc1ccccc1. The maximum Gasteiger partial charge on any atom is 0.339 e. The second kappa shape index (κ2) is 55.4. The molecule has 0 atom stereocenters. The molecule has 143 heavy (non-hydrogen) atoms. The van der Waals surface area contributed by atoms with Gasteiger partial charge in [0, 0.05) is 57.4 Å². The first kappa shape index (κ1) is 105. The van der Waals surface area contributed by atoms with E-state index < -0.39 is 23.9 Å². The van der Waals surface area contributed by atoms with E-state index in [2.05, 4.69) is 60.1 Å². The monoisotopic (exact) mass is 2170 g/mol. The smallest absolute Gasteiger partial charge is 0.339 e. The molecular weight excluding hydrogens is 2070 g/mol. The number of carbonyl (C=O) groups excluding carboxylic acids is 4. The summed E-state index contributed by atoms with van der Waals surface area (Å²) in [6.45, 7) is 2.09. The number of benzene rings is 16. The fourth-order valence-electron chi connectivity index (χ4n) is 15.0. The van der Waals surface area contributed by atoms with Crippen LogP contribution in [0.2, 0.25) is 0 Å². The first-order chi connectivity index (χ1) is 70.2. The summed E-state index contributed by atoms with van der Waals surface area (Å²) >= 11 is 13.1. The van der Waals surface area contributed by atoms with Crippen molar-refractivity contribution in [2.24, 2.45) is 0 Å². The molecule has 0 bridgehead atoms. The molecule has 0 aliphatic heterocycles. The van der Waals surface area contributed by atoms with Gasteiger partial charge in [-0.05, 0) is 111 Å². The Morgan fingerprint density at radius 1 is 0.217 bits per heavy atom. The summed E-state index contributed by atoms with van der Waals surface area (Å²) in [4.78, 5) is 58.6. The molecule has 0 aromatic heterocycles. The van der Waals surface area contributed by atoms with Crippen LogP contribution in [0.3, 0.4) is 0 Å². The summed E-state index contributed by atoms with van der Waals surface area (Å²) in [5.41, 5.74) is 10.1. The van der Waals surface area contributed by atoms with Crippen molar-refractivity contribution in [3.63, 3.8) is 0 Å².